The molecule has 2 aromatic rings. The Morgan fingerprint density at radius 3 is 2.46 bits per heavy atom. The van der Waals surface area contributed by atoms with Crippen LogP contribution in [-0.4, -0.2) is 77.0 Å². The quantitative estimate of drug-likeness (QED) is 0.589. The van der Waals surface area contributed by atoms with E-state index < -0.39 is 10.0 Å². The van der Waals surface area contributed by atoms with Gasteiger partial charge in [-0.1, -0.05) is 29.3 Å². The lowest BCUT2D eigenvalue weighted by Gasteiger charge is -2.34. The highest BCUT2D eigenvalue weighted by Crippen LogP contribution is 2.48. The summed E-state index contributed by atoms with van der Waals surface area (Å²) >= 11 is 6.15. The fourth-order valence-electron chi connectivity index (χ4n) is 5.02. The van der Waals surface area contributed by atoms with Crippen molar-refractivity contribution in [2.45, 2.75) is 26.8 Å². The van der Waals surface area contributed by atoms with Crippen molar-refractivity contribution in [3.05, 3.63) is 52.1 Å². The number of hydrogen-bond acceptors (Lipinski definition) is 5. The molecule has 0 bridgehead atoms. The summed E-state index contributed by atoms with van der Waals surface area (Å²) in [5.41, 5.74) is 4.82. The summed E-state index contributed by atoms with van der Waals surface area (Å²) < 4.78 is 28.7. The van der Waals surface area contributed by atoms with Gasteiger partial charge in [-0.3, -0.25) is 14.0 Å². The van der Waals surface area contributed by atoms with Crippen molar-refractivity contribution < 1.29 is 13.2 Å². The van der Waals surface area contributed by atoms with Crippen molar-refractivity contribution >= 4 is 39.8 Å². The van der Waals surface area contributed by atoms with Crippen LogP contribution in [0.2, 0.25) is 5.02 Å². The lowest BCUT2D eigenvalue weighted by Crippen LogP contribution is -2.47. The number of halogens is 1. The average molecular weight is 516 g/mol. The first kappa shape index (κ1) is 24.1. The molecule has 186 valence electrons. The normalized spacial score (nSPS) is 19.9. The topological polar surface area (TPSA) is 78.8 Å². The van der Waals surface area contributed by atoms with Crippen LogP contribution in [0.15, 0.2) is 35.5 Å². The molecule has 1 saturated heterocycles. The average Bonchev–Trinajstić information content (AvgIpc) is 3.52. The van der Waals surface area contributed by atoms with E-state index in [0.717, 1.165) is 48.0 Å². The molecule has 3 heterocycles. The molecule has 1 aromatic heterocycles. The summed E-state index contributed by atoms with van der Waals surface area (Å²) in [6.07, 6.45) is 6.18. The van der Waals surface area contributed by atoms with Crippen LogP contribution in [0.25, 0.3) is 23.5 Å². The molecule has 1 atom stereocenters. The van der Waals surface area contributed by atoms with Crippen molar-refractivity contribution in [1.82, 2.24) is 23.7 Å². The van der Waals surface area contributed by atoms with Gasteiger partial charge in [0.05, 0.1) is 23.3 Å². The lowest BCUT2D eigenvalue weighted by molar-refractivity contribution is -0.130. The number of nitrogens with zero attached hydrogens (tertiary/aromatic N) is 5. The summed E-state index contributed by atoms with van der Waals surface area (Å²) in [4.78, 5) is 21.0. The highest BCUT2D eigenvalue weighted by molar-refractivity contribution is 7.88. The maximum absolute atomic E-state index is 12.6. The van der Waals surface area contributed by atoms with Gasteiger partial charge >= 0.3 is 0 Å². The van der Waals surface area contributed by atoms with E-state index in [1.807, 2.05) is 42.3 Å². The minimum absolute atomic E-state index is 0.101. The molecule has 5 rings (SSSR count). The zero-order valence-corrected chi connectivity index (χ0v) is 21.8. The van der Waals surface area contributed by atoms with Gasteiger partial charge in [-0.2, -0.15) is 0 Å². The molecule has 0 spiro atoms. The standard InChI is InChI=1S/C25H30ClN5O3S/c1-4-31(35(3,33)34)22-16-30-23(15-28-9-11-29(12-10-28)17(2)32)25(18-5-7-20(26)8-6-18)27-24(30)14-19-13-21(19)22/h5-8,14,16,21H,4,9-13,15H2,1-3H3. The van der Waals surface area contributed by atoms with E-state index in [1.165, 1.54) is 16.1 Å². The molecule has 1 amide bonds. The Balaban J connectivity index is 1.59. The molecule has 0 radical (unpaired) electrons. The number of sulfonamides is 1. The lowest BCUT2D eigenvalue weighted by atomic mass is 10.1. The number of benzene rings is 1. The van der Waals surface area contributed by atoms with Crippen LogP contribution >= 0.6 is 11.6 Å². The Bertz CT molecular complexity index is 1320. The summed E-state index contributed by atoms with van der Waals surface area (Å²) in [6, 6.07) is 7.65. The number of piperazine rings is 1. The predicted octanol–water partition coefficient (Wildman–Crippen LogP) is 3.36. The summed E-state index contributed by atoms with van der Waals surface area (Å²) in [6.45, 7) is 7.41. The van der Waals surface area contributed by atoms with E-state index in [4.69, 9.17) is 16.6 Å². The second-order valence-corrected chi connectivity index (χ2v) is 11.7. The molecule has 3 aliphatic rings. The minimum atomic E-state index is -3.40. The van der Waals surface area contributed by atoms with Gasteiger partial charge in [0.25, 0.3) is 0 Å². The van der Waals surface area contributed by atoms with E-state index in [1.54, 1.807) is 6.92 Å². The molecule has 1 aliphatic carbocycles. The molecule has 0 N–H and O–H groups in total. The second kappa shape index (κ2) is 9.11. The number of rotatable bonds is 6. The van der Waals surface area contributed by atoms with Crippen LogP contribution in [0.1, 0.15) is 31.8 Å². The van der Waals surface area contributed by atoms with Crippen molar-refractivity contribution in [2.75, 3.05) is 39.0 Å². The van der Waals surface area contributed by atoms with Gasteiger partial charge in [0, 0.05) is 68.9 Å². The molecule has 35 heavy (non-hydrogen) atoms. The third-order valence-electron chi connectivity index (χ3n) is 6.98. The predicted molar refractivity (Wildman–Crippen MR) is 138 cm³/mol. The molecule has 10 heteroatoms. The maximum Gasteiger partial charge on any atom is 0.232 e. The van der Waals surface area contributed by atoms with Gasteiger partial charge in [0.1, 0.15) is 5.82 Å². The van der Waals surface area contributed by atoms with Crippen LogP contribution in [0.5, 0.6) is 0 Å². The number of hydrogen-bond donors (Lipinski definition) is 0. The fourth-order valence-corrected chi connectivity index (χ4v) is 6.17. The van der Waals surface area contributed by atoms with Crippen LogP contribution in [0.4, 0.5) is 0 Å². The number of fused-ring (bicyclic) bond motifs is 2. The van der Waals surface area contributed by atoms with Crippen LogP contribution in [0.3, 0.4) is 0 Å². The van der Waals surface area contributed by atoms with Gasteiger partial charge < -0.3 is 9.47 Å². The van der Waals surface area contributed by atoms with E-state index in [2.05, 4.69) is 15.5 Å². The van der Waals surface area contributed by atoms with Gasteiger partial charge in [0.15, 0.2) is 0 Å². The van der Waals surface area contributed by atoms with Crippen LogP contribution < -0.4 is 0 Å². The first-order valence-corrected chi connectivity index (χ1v) is 14.1. The van der Waals surface area contributed by atoms with Crippen molar-refractivity contribution in [2.24, 2.45) is 5.92 Å². The Hall–Kier alpha value is -2.62. The van der Waals surface area contributed by atoms with Gasteiger partial charge in [-0.25, -0.2) is 13.4 Å². The van der Waals surface area contributed by atoms with Gasteiger partial charge in [-0.15, -0.1) is 0 Å². The number of aromatic nitrogens is 2. The summed E-state index contributed by atoms with van der Waals surface area (Å²) in [5.74, 6) is 1.02. The number of carbonyl (C=O) groups is 1. The summed E-state index contributed by atoms with van der Waals surface area (Å²) in [7, 11) is -3.40. The third kappa shape index (κ3) is 4.77. The smallest absolute Gasteiger partial charge is 0.232 e. The monoisotopic (exact) mass is 515 g/mol. The fraction of sp³-hybridized carbons (Fsp3) is 0.440. The second-order valence-electron chi connectivity index (χ2n) is 9.38. The first-order chi connectivity index (χ1) is 16.7. The molecular formula is C25H30ClN5O3S. The van der Waals surface area contributed by atoms with Crippen LogP contribution in [-0.2, 0) is 21.4 Å². The molecule has 1 unspecified atom stereocenters. The molecular weight excluding hydrogens is 486 g/mol. The molecule has 1 saturated carbocycles. The largest absolute Gasteiger partial charge is 0.340 e. The van der Waals surface area contributed by atoms with Crippen LogP contribution in [0, 0.1) is 5.92 Å². The van der Waals surface area contributed by atoms with Crippen molar-refractivity contribution in [3.8, 4) is 11.3 Å². The van der Waals surface area contributed by atoms with Gasteiger partial charge in [-0.05, 0) is 31.6 Å². The Labute approximate surface area is 211 Å². The maximum atomic E-state index is 12.6. The van der Waals surface area contributed by atoms with E-state index in [-0.39, 0.29) is 11.8 Å². The molecule has 2 aliphatic heterocycles. The SMILES string of the molecule is CCN(C1=Cn2c(nc(-c3ccc(Cl)cc3)c2CN2CCN(C(C)=O)CC2)C=C2CC21)S(C)(=O)=O. The van der Waals surface area contributed by atoms with E-state index >= 15 is 0 Å². The van der Waals surface area contributed by atoms with Crippen molar-refractivity contribution in [3.63, 3.8) is 0 Å². The van der Waals surface area contributed by atoms with Crippen molar-refractivity contribution in [1.29, 1.82) is 0 Å². The Kier molecular flexibility index (Phi) is 6.27. The molecule has 2 fully saturated rings. The van der Waals surface area contributed by atoms with E-state index in [9.17, 15) is 13.2 Å². The third-order valence-corrected chi connectivity index (χ3v) is 8.50. The van der Waals surface area contributed by atoms with E-state index in [0.29, 0.717) is 31.2 Å². The first-order valence-electron chi connectivity index (χ1n) is 11.9. The highest BCUT2D eigenvalue weighted by atomic mass is 35.5. The Morgan fingerprint density at radius 1 is 1.17 bits per heavy atom. The number of carbonyl (C=O) groups excluding carboxylic acids is 1. The molecule has 8 nitrogen and oxygen atoms in total. The number of allylic oxidation sites excluding steroid dienone is 1. The zero-order chi connectivity index (χ0) is 24.9. The zero-order valence-electron chi connectivity index (χ0n) is 20.2. The Morgan fingerprint density at radius 2 is 1.86 bits per heavy atom. The number of amides is 1. The van der Waals surface area contributed by atoms with Gasteiger partial charge in [0.2, 0.25) is 15.9 Å². The molecule has 1 aromatic carbocycles. The number of imidazole rings is 1. The minimum Gasteiger partial charge on any atom is -0.340 e. The highest BCUT2D eigenvalue weighted by Gasteiger charge is 2.40. The summed E-state index contributed by atoms with van der Waals surface area (Å²) in [5, 5.41) is 0.660.